The molecule has 0 aliphatic heterocycles. The molecule has 40 heteroatoms. The number of carbonyl (C=O) groups excluding carboxylic acids is 8. The lowest BCUT2D eigenvalue weighted by molar-refractivity contribution is 0.100. The highest BCUT2D eigenvalue weighted by molar-refractivity contribution is 7.94. The lowest BCUT2D eigenvalue weighted by atomic mass is 10.0. The van der Waals surface area contributed by atoms with Crippen LogP contribution in [0.15, 0.2) is 132 Å². The molecule has 632 valence electrons. The predicted molar refractivity (Wildman–Crippen MR) is 460 cm³/mol. The summed E-state index contributed by atoms with van der Waals surface area (Å²) in [4.78, 5) is 99.2. The Morgan fingerprint density at radius 1 is 0.333 bits per heavy atom. The summed E-state index contributed by atoms with van der Waals surface area (Å²) >= 11 is 2.04. The molecule has 0 saturated heterocycles. The molecule has 12 rings (SSSR count). The molecule has 0 unspecified atom stereocenters. The van der Waals surface area contributed by atoms with Crippen molar-refractivity contribution in [1.82, 2.24) is 20.6 Å². The molecule has 0 fully saturated rings. The smallest absolute Gasteiger partial charge is 0.267 e. The molecular weight excluding hydrogens is 1710 g/mol. The molecule has 4 amide bonds. The SMILES string of the molecule is [2H]c1c(C([2H])([2H])[2H])cc(C(=O)C([2H])([2H])[2H])c(N([2H])C(=O)c2sccc2S(=O)(=O)N([2H])c2onc(C)c2C([2H])([2H])[2H])c1C([2H])([2H])[2H].[2H]c1c(C([2H])([2H])[2H])cc(C(=O)C([2H])([2H])[2H])c(N([2H])C(=O)c2sccc2S(=O)(=O)N([2H])c2onc(C)c2C)c1C([2H])([2H])[2H].[2H]c1c(C)cc(C(=O)C([2H])([2H])[2H])c(N([2H])C(=O)c2sccc2S(=O)(=O)N([2H])c2onc(C)c2C([2H])([2H])[2H])c1C.[2H]c1c(C)cc(C(=O)C([2H])([2H])[2H])c(N([2H])C(=O)c2sccc2S(=O)(=O)N([2H])c2onc(C)c2C)c1C. The van der Waals surface area contributed by atoms with Gasteiger partial charge in [-0.15, -0.1) is 45.3 Å². The third-order valence-corrected chi connectivity index (χ3v) is 25.1. The van der Waals surface area contributed by atoms with E-state index >= 15 is 0 Å². The molecule has 4 aromatic carbocycles. The van der Waals surface area contributed by atoms with Crippen molar-refractivity contribution in [2.45, 2.75) is 157 Å². The van der Waals surface area contributed by atoms with Gasteiger partial charge in [-0.2, -0.15) is 0 Å². The Labute approximate surface area is 767 Å². The van der Waals surface area contributed by atoms with Crippen LogP contribution in [0.1, 0.15) is 244 Å². The summed E-state index contributed by atoms with van der Waals surface area (Å²) in [5.41, 5.74) is -12.0. The number of Topliss-reactive ketones (excluding diaryl/α,β-unsaturated/α-hetero) is 4. The second-order valence-electron chi connectivity index (χ2n) is 24.3. The molecule has 0 spiro atoms. The quantitative estimate of drug-likeness (QED) is 0.0260. The Kier molecular flexibility index (Phi) is 15.4. The number of carbonyl (C=O) groups is 8. The molecule has 120 heavy (non-hydrogen) atoms. The Morgan fingerprint density at radius 3 is 0.792 bits per heavy atom. The fourth-order valence-electron chi connectivity index (χ4n) is 9.81. The first-order chi connectivity index (χ1) is 73.3. The van der Waals surface area contributed by atoms with Gasteiger partial charge in [0.05, 0.1) is 51.0 Å². The monoisotopic (exact) mass is 1830 g/mol. The maximum Gasteiger partial charge on any atom is 0.267 e. The van der Waals surface area contributed by atoms with Crippen LogP contribution in [-0.2, 0) is 40.1 Å². The van der Waals surface area contributed by atoms with Crippen molar-refractivity contribution >= 4 is 178 Å². The van der Waals surface area contributed by atoms with Gasteiger partial charge >= 0.3 is 0 Å². The third kappa shape index (κ3) is 21.0. The normalized spacial score (nSPS) is 17.5. The molecule has 0 aliphatic carbocycles. The van der Waals surface area contributed by atoms with Crippen LogP contribution in [0, 0.1) is 110 Å². The fraction of sp³-hybridized carbons (Fsp3) is 0.250. The molecule has 12 aromatic rings. The molecule has 8 aromatic heterocycles. The minimum atomic E-state index is -5.22. The fourth-order valence-corrected chi connectivity index (χ4v) is 18.8. The lowest BCUT2D eigenvalue weighted by Crippen LogP contribution is -2.20. The maximum absolute atomic E-state index is 13.6. The number of amides is 4. The van der Waals surface area contributed by atoms with Gasteiger partial charge in [-0.1, -0.05) is 44.8 Å². The van der Waals surface area contributed by atoms with E-state index in [0.717, 1.165) is 47.2 Å². The minimum absolute atomic E-state index is 0.0122. The van der Waals surface area contributed by atoms with Crippen LogP contribution in [-0.4, -0.2) is 101 Å². The van der Waals surface area contributed by atoms with Gasteiger partial charge in [0.2, 0.25) is 23.5 Å². The van der Waals surface area contributed by atoms with Gasteiger partial charge in [-0.3, -0.25) is 38.4 Å². The van der Waals surface area contributed by atoms with Gasteiger partial charge in [-0.05, 0) is 252 Å². The zero-order chi connectivity index (χ0) is 124. The molecule has 32 nitrogen and oxygen atoms in total. The van der Waals surface area contributed by atoms with E-state index in [1.807, 2.05) is 0 Å². The van der Waals surface area contributed by atoms with Crippen LogP contribution < -0.4 is 40.1 Å². The number of anilines is 8. The molecule has 0 bridgehead atoms. The summed E-state index contributed by atoms with van der Waals surface area (Å²) < 4.78 is 454. The minimum Gasteiger partial charge on any atom is -0.337 e. The summed E-state index contributed by atoms with van der Waals surface area (Å²) in [6.07, 6.45) is 0. The van der Waals surface area contributed by atoms with E-state index < -0.39 is 303 Å². The number of thiophene rings is 4. The summed E-state index contributed by atoms with van der Waals surface area (Å²) in [5.74, 6) is -15.1. The Hall–Kier alpha value is -11.9. The third-order valence-electron chi connectivity index (χ3n) is 15.8. The molecule has 0 saturated carbocycles. The first kappa shape index (κ1) is 49.6. The van der Waals surface area contributed by atoms with Crippen molar-refractivity contribution in [3.8, 4) is 0 Å². The number of rotatable bonds is 24. The number of nitrogens with zero attached hydrogens (tertiary/aromatic N) is 4. The first-order valence-corrected chi connectivity index (χ1v) is 42.0. The highest BCUT2D eigenvalue weighted by Gasteiger charge is 2.33. The van der Waals surface area contributed by atoms with Crippen LogP contribution in [0.4, 0.5) is 46.3 Å². The van der Waals surface area contributed by atoms with E-state index in [0.29, 0.717) is 68.7 Å². The predicted octanol–water partition coefficient (Wildman–Crippen LogP) is 16.9. The maximum atomic E-state index is 13.6. The highest BCUT2D eigenvalue weighted by Crippen LogP contribution is 2.36. The van der Waals surface area contributed by atoms with Crippen LogP contribution in [0.3, 0.4) is 0 Å². The number of aromatic nitrogens is 4. The van der Waals surface area contributed by atoms with Crippen molar-refractivity contribution in [2.75, 3.05) is 40.1 Å². The number of hydrogen-bond donors (Lipinski definition) is 8. The Bertz CT molecular complexity index is 8420. The van der Waals surface area contributed by atoms with Crippen molar-refractivity contribution in [3.63, 3.8) is 0 Å². The van der Waals surface area contributed by atoms with Gasteiger partial charge < -0.3 is 39.3 Å². The van der Waals surface area contributed by atoms with Crippen LogP contribution >= 0.6 is 45.3 Å². The van der Waals surface area contributed by atoms with Crippen LogP contribution in [0.2, 0.25) is 11.3 Å². The molecule has 0 radical (unpaired) electrons. The molecular formula is C80H84N12O20S8. The zero-order valence-corrected chi connectivity index (χ0v) is 69.3. The first-order valence-electron chi connectivity index (χ1n) is 53.3. The van der Waals surface area contributed by atoms with Crippen molar-refractivity contribution in [1.29, 1.82) is 0 Å². The van der Waals surface area contributed by atoms with Crippen molar-refractivity contribution < 1.29 is 148 Å². The summed E-state index contributed by atoms with van der Waals surface area (Å²) in [5, 5.41) is 18.3. The van der Waals surface area contributed by atoms with Gasteiger partial charge in [-0.25, -0.2) is 52.5 Å². The summed E-state index contributed by atoms with van der Waals surface area (Å²) in [6.45, 7) is -18.6. The van der Waals surface area contributed by atoms with E-state index in [2.05, 4.69) is 20.6 Å². The molecule has 0 aliphatic rings. The van der Waals surface area contributed by atoms with Crippen LogP contribution in [0.25, 0.3) is 0 Å². The van der Waals surface area contributed by atoms with E-state index in [4.69, 9.17) is 76.0 Å². The zero-order valence-electron chi connectivity index (χ0n) is 105. The second kappa shape index (κ2) is 37.2. The number of benzene rings is 4. The topological polar surface area (TPSA) is 473 Å². The van der Waals surface area contributed by atoms with Crippen molar-refractivity contribution in [3.05, 3.63) is 226 Å². The number of sulfonamides is 4. The van der Waals surface area contributed by atoms with Crippen molar-refractivity contribution in [2.24, 2.45) is 0 Å². The van der Waals surface area contributed by atoms with E-state index in [1.54, 1.807) is 6.92 Å². The lowest BCUT2D eigenvalue weighted by Gasteiger charge is -2.14. The second-order valence-corrected chi connectivity index (χ2v) is 34.3. The van der Waals surface area contributed by atoms with E-state index in [1.165, 1.54) is 73.1 Å². The van der Waals surface area contributed by atoms with E-state index in [9.17, 15) is 72.0 Å². The average Bonchev–Trinajstić information content (AvgIpc) is 0.871. The van der Waals surface area contributed by atoms with Crippen LogP contribution in [0.5, 0.6) is 0 Å². The number of aryl methyl sites for hydroxylation is 8. The Balaban J connectivity index is 0.000000239. The Morgan fingerprint density at radius 2 is 0.567 bits per heavy atom. The summed E-state index contributed by atoms with van der Waals surface area (Å²) in [7, 11) is -19.8. The number of hydrogen-bond acceptors (Lipinski definition) is 28. The highest BCUT2D eigenvalue weighted by atomic mass is 32.2. The van der Waals surface area contributed by atoms with Gasteiger partial charge in [0, 0.05) is 85.6 Å². The molecule has 8 heterocycles. The molecule has 8 N–H and O–H groups in total. The van der Waals surface area contributed by atoms with Gasteiger partial charge in [0.1, 0.15) is 39.1 Å². The van der Waals surface area contributed by atoms with Gasteiger partial charge in [0.15, 0.2) is 34.4 Å². The standard InChI is InChI=1S/4C20H21N3O5S2/c4*1-10-8-11(2)17(15(9-10)14(5)24)21-19(25)18-16(6-7-29-18)30(26,27)23-20-12(3)13(4)22-28-20/h4*6-9,23H,1-5H3,(H,21,25)/i1D3,2D3,3D3,5D3,8D;1D3,2D3,5D3,8D;3D3,5D3,8D;5D3,8D/hD8. The average molecular weight is 1830 g/mol. The number of nitrogens with one attached hydrogen (secondary N) is 8. The van der Waals surface area contributed by atoms with Gasteiger partial charge in [0.25, 0.3) is 63.7 Å². The molecule has 0 atom stereocenters. The summed E-state index contributed by atoms with van der Waals surface area (Å²) in [6, 6.07) is 3.92. The van der Waals surface area contributed by atoms with E-state index in [-0.39, 0.29) is 103 Å². The number of ketones is 4. The largest absolute Gasteiger partial charge is 0.337 e.